The van der Waals surface area contributed by atoms with E-state index in [-0.39, 0.29) is 17.8 Å². The van der Waals surface area contributed by atoms with Gasteiger partial charge in [-0.15, -0.1) is 0 Å². The average molecular weight is 288 g/mol. The van der Waals surface area contributed by atoms with Crippen molar-refractivity contribution < 1.29 is 9.18 Å². The second-order valence-electron chi connectivity index (χ2n) is 5.01. The van der Waals surface area contributed by atoms with E-state index in [1.165, 1.54) is 11.0 Å². The van der Waals surface area contributed by atoms with Crippen LogP contribution in [0.15, 0.2) is 36.7 Å². The number of para-hydroxylation sites is 1. The van der Waals surface area contributed by atoms with Crippen LogP contribution in [0.25, 0.3) is 0 Å². The van der Waals surface area contributed by atoms with Gasteiger partial charge in [0.1, 0.15) is 11.9 Å². The number of halogens is 1. The highest BCUT2D eigenvalue weighted by Crippen LogP contribution is 2.25. The van der Waals surface area contributed by atoms with Gasteiger partial charge in [0.15, 0.2) is 0 Å². The van der Waals surface area contributed by atoms with Gasteiger partial charge in [-0.25, -0.2) is 4.39 Å². The monoisotopic (exact) mass is 288 g/mol. The zero-order valence-corrected chi connectivity index (χ0v) is 11.8. The first-order valence-corrected chi connectivity index (χ1v) is 7.04. The Hall–Kier alpha value is -2.37. The zero-order chi connectivity index (χ0) is 14.8. The first-order valence-electron chi connectivity index (χ1n) is 7.04. The third-order valence-electron chi connectivity index (χ3n) is 3.65. The maximum atomic E-state index is 13.8. The standard InChI is InChI=1S/C15H17FN4O/c1-2-19-10-11(9-17-19)18-13-7-8-20(15(13)21)14-6-4-3-5-12(14)16/h3-6,9-10,13,18H,2,7-8H2,1H3/t13-/m1/s1. The van der Waals surface area contributed by atoms with Crippen molar-refractivity contribution in [2.24, 2.45) is 0 Å². The summed E-state index contributed by atoms with van der Waals surface area (Å²) in [5.41, 5.74) is 1.15. The summed E-state index contributed by atoms with van der Waals surface area (Å²) in [6, 6.07) is 6.02. The van der Waals surface area contributed by atoms with E-state index in [0.717, 1.165) is 12.2 Å². The summed E-state index contributed by atoms with van der Waals surface area (Å²) in [7, 11) is 0. The second kappa shape index (κ2) is 5.55. The summed E-state index contributed by atoms with van der Waals surface area (Å²) in [6.45, 7) is 3.29. The number of rotatable bonds is 4. The number of carbonyl (C=O) groups excluding carboxylic acids is 1. The van der Waals surface area contributed by atoms with Gasteiger partial charge in [0.25, 0.3) is 0 Å². The van der Waals surface area contributed by atoms with Crippen LogP contribution in [0, 0.1) is 5.82 Å². The number of nitrogens with zero attached hydrogens (tertiary/aromatic N) is 3. The minimum atomic E-state index is -0.370. The van der Waals surface area contributed by atoms with Gasteiger partial charge in [-0.1, -0.05) is 12.1 Å². The molecule has 1 fully saturated rings. The molecular weight excluding hydrogens is 271 g/mol. The van der Waals surface area contributed by atoms with E-state index in [0.29, 0.717) is 18.7 Å². The Balaban J connectivity index is 1.73. The van der Waals surface area contributed by atoms with Gasteiger partial charge in [0.2, 0.25) is 5.91 Å². The fourth-order valence-corrected chi connectivity index (χ4v) is 2.54. The molecule has 5 nitrogen and oxygen atoms in total. The largest absolute Gasteiger partial charge is 0.371 e. The third kappa shape index (κ3) is 2.61. The van der Waals surface area contributed by atoms with Crippen LogP contribution in [0.1, 0.15) is 13.3 Å². The summed E-state index contributed by atoms with van der Waals surface area (Å²) in [6.07, 6.45) is 4.20. The molecule has 1 amide bonds. The van der Waals surface area contributed by atoms with Crippen LogP contribution in [-0.4, -0.2) is 28.3 Å². The minimum absolute atomic E-state index is 0.107. The Morgan fingerprint density at radius 3 is 2.95 bits per heavy atom. The first-order chi connectivity index (χ1) is 10.2. The van der Waals surface area contributed by atoms with Crippen molar-refractivity contribution in [2.45, 2.75) is 25.9 Å². The molecular formula is C15H17FN4O. The van der Waals surface area contributed by atoms with Crippen LogP contribution in [0.3, 0.4) is 0 Å². The Kier molecular flexibility index (Phi) is 3.60. The minimum Gasteiger partial charge on any atom is -0.371 e. The van der Waals surface area contributed by atoms with Crippen molar-refractivity contribution in [3.63, 3.8) is 0 Å². The van der Waals surface area contributed by atoms with E-state index in [9.17, 15) is 9.18 Å². The normalized spacial score (nSPS) is 18.3. The molecule has 3 rings (SSSR count). The highest BCUT2D eigenvalue weighted by atomic mass is 19.1. The molecule has 2 aromatic rings. The van der Waals surface area contributed by atoms with E-state index >= 15 is 0 Å². The maximum absolute atomic E-state index is 13.8. The van der Waals surface area contributed by atoms with Crippen molar-refractivity contribution in [3.05, 3.63) is 42.5 Å². The molecule has 0 radical (unpaired) electrons. The molecule has 21 heavy (non-hydrogen) atoms. The van der Waals surface area contributed by atoms with Gasteiger partial charge >= 0.3 is 0 Å². The molecule has 0 saturated carbocycles. The summed E-state index contributed by atoms with van der Waals surface area (Å²) in [4.78, 5) is 13.9. The van der Waals surface area contributed by atoms with E-state index in [4.69, 9.17) is 0 Å². The van der Waals surface area contributed by atoms with Crippen LogP contribution < -0.4 is 10.2 Å². The number of nitrogens with one attached hydrogen (secondary N) is 1. The van der Waals surface area contributed by atoms with E-state index < -0.39 is 0 Å². The van der Waals surface area contributed by atoms with E-state index in [2.05, 4.69) is 10.4 Å². The van der Waals surface area contributed by atoms with Crippen LogP contribution in [-0.2, 0) is 11.3 Å². The molecule has 2 heterocycles. The topological polar surface area (TPSA) is 50.2 Å². The van der Waals surface area contributed by atoms with Crippen LogP contribution in [0.5, 0.6) is 0 Å². The first kappa shape index (κ1) is 13.6. The number of anilines is 2. The number of aryl methyl sites for hydroxylation is 1. The molecule has 1 aliphatic rings. The molecule has 6 heteroatoms. The van der Waals surface area contributed by atoms with Gasteiger partial charge in [-0.3, -0.25) is 9.48 Å². The summed E-state index contributed by atoms with van der Waals surface area (Å²) in [5, 5.41) is 7.33. The van der Waals surface area contributed by atoms with E-state index in [1.807, 2.05) is 13.1 Å². The highest BCUT2D eigenvalue weighted by molar-refractivity contribution is 6.01. The Bertz CT molecular complexity index is 655. The van der Waals surface area contributed by atoms with Crippen molar-refractivity contribution in [2.75, 3.05) is 16.8 Å². The molecule has 1 aromatic carbocycles. The van der Waals surface area contributed by atoms with Crippen molar-refractivity contribution in [1.29, 1.82) is 0 Å². The zero-order valence-electron chi connectivity index (χ0n) is 11.8. The van der Waals surface area contributed by atoms with Gasteiger partial charge < -0.3 is 10.2 Å². The average Bonchev–Trinajstić information content (AvgIpc) is 3.08. The number of aromatic nitrogens is 2. The predicted octanol–water partition coefficient (Wildman–Crippen LogP) is 2.26. The molecule has 0 bridgehead atoms. The second-order valence-corrected chi connectivity index (χ2v) is 5.01. The number of amides is 1. The van der Waals surface area contributed by atoms with Crippen LogP contribution >= 0.6 is 0 Å². The Morgan fingerprint density at radius 2 is 2.24 bits per heavy atom. The maximum Gasteiger partial charge on any atom is 0.249 e. The molecule has 1 N–H and O–H groups in total. The number of benzene rings is 1. The van der Waals surface area contributed by atoms with Gasteiger partial charge in [-0.05, 0) is 25.5 Å². The molecule has 0 spiro atoms. The van der Waals surface area contributed by atoms with Crippen LogP contribution in [0.2, 0.25) is 0 Å². The summed E-state index contributed by atoms with van der Waals surface area (Å²) >= 11 is 0. The van der Waals surface area contributed by atoms with Gasteiger partial charge in [-0.2, -0.15) is 5.10 Å². The number of hydrogen-bond acceptors (Lipinski definition) is 3. The SMILES string of the molecule is CCn1cc(N[C@@H]2CCN(c3ccccc3F)C2=O)cn1. The molecule has 1 saturated heterocycles. The lowest BCUT2D eigenvalue weighted by atomic mass is 10.2. The lowest BCUT2D eigenvalue weighted by Crippen LogP contribution is -2.33. The van der Waals surface area contributed by atoms with Crippen molar-refractivity contribution in [1.82, 2.24) is 9.78 Å². The lowest BCUT2D eigenvalue weighted by molar-refractivity contribution is -0.117. The molecule has 0 aliphatic carbocycles. The molecule has 1 atom stereocenters. The molecule has 1 aliphatic heterocycles. The van der Waals surface area contributed by atoms with Crippen molar-refractivity contribution >= 4 is 17.3 Å². The Morgan fingerprint density at radius 1 is 1.43 bits per heavy atom. The molecule has 110 valence electrons. The van der Waals surface area contributed by atoms with Crippen LogP contribution in [0.4, 0.5) is 15.8 Å². The fourth-order valence-electron chi connectivity index (χ4n) is 2.54. The van der Waals surface area contributed by atoms with Gasteiger partial charge in [0.05, 0.1) is 17.6 Å². The summed E-state index contributed by atoms with van der Waals surface area (Å²) < 4.78 is 15.6. The fraction of sp³-hybridized carbons (Fsp3) is 0.333. The quantitative estimate of drug-likeness (QED) is 0.939. The number of hydrogen-bond donors (Lipinski definition) is 1. The smallest absolute Gasteiger partial charge is 0.249 e. The van der Waals surface area contributed by atoms with Crippen molar-refractivity contribution in [3.8, 4) is 0 Å². The lowest BCUT2D eigenvalue weighted by Gasteiger charge is -2.17. The number of carbonyl (C=O) groups is 1. The predicted molar refractivity (Wildman–Crippen MR) is 78.7 cm³/mol. The van der Waals surface area contributed by atoms with E-state index in [1.54, 1.807) is 29.1 Å². The Labute approximate surface area is 122 Å². The highest BCUT2D eigenvalue weighted by Gasteiger charge is 2.33. The molecule has 0 unspecified atom stereocenters. The van der Waals surface area contributed by atoms with Gasteiger partial charge in [0, 0.05) is 19.3 Å². The molecule has 1 aromatic heterocycles. The third-order valence-corrected chi connectivity index (χ3v) is 3.65. The summed E-state index contributed by atoms with van der Waals surface area (Å²) in [5.74, 6) is -0.477.